The van der Waals surface area contributed by atoms with Crippen molar-refractivity contribution in [1.29, 1.82) is 0 Å². The number of benzene rings is 1. The highest BCUT2D eigenvalue weighted by atomic mass is 16.2. The zero-order valence-corrected chi connectivity index (χ0v) is 10.2. The number of hydrogen-bond acceptors (Lipinski definition) is 1. The largest absolute Gasteiger partial charge is 0.361 e. The summed E-state index contributed by atoms with van der Waals surface area (Å²) in [5, 5.41) is 6.70. The minimum atomic E-state index is -0.158. The fourth-order valence-electron chi connectivity index (χ4n) is 1.88. The van der Waals surface area contributed by atoms with Crippen LogP contribution in [0.15, 0.2) is 43.1 Å². The first-order valence-corrected chi connectivity index (χ1v) is 5.99. The van der Waals surface area contributed by atoms with E-state index in [-0.39, 0.29) is 6.03 Å². The third-order valence-electron chi connectivity index (χ3n) is 2.76. The van der Waals surface area contributed by atoms with Crippen molar-refractivity contribution in [2.45, 2.75) is 6.42 Å². The third-order valence-corrected chi connectivity index (χ3v) is 2.76. The predicted molar refractivity (Wildman–Crippen MR) is 73.6 cm³/mol. The van der Waals surface area contributed by atoms with Gasteiger partial charge in [-0.15, -0.1) is 6.58 Å². The number of fused-ring (bicyclic) bond motifs is 1. The molecule has 0 fully saturated rings. The van der Waals surface area contributed by atoms with Crippen LogP contribution in [0.2, 0.25) is 0 Å². The second kappa shape index (κ2) is 5.91. The molecule has 18 heavy (non-hydrogen) atoms. The Morgan fingerprint density at radius 1 is 1.33 bits per heavy atom. The van der Waals surface area contributed by atoms with Crippen molar-refractivity contribution in [3.8, 4) is 0 Å². The summed E-state index contributed by atoms with van der Waals surface area (Å²) in [4.78, 5) is 14.5. The smallest absolute Gasteiger partial charge is 0.315 e. The van der Waals surface area contributed by atoms with E-state index in [1.165, 1.54) is 10.9 Å². The molecule has 2 rings (SSSR count). The molecule has 0 unspecified atom stereocenters. The number of H-pyrrole nitrogens is 1. The number of rotatable bonds is 5. The van der Waals surface area contributed by atoms with Gasteiger partial charge in [-0.05, 0) is 18.1 Å². The van der Waals surface area contributed by atoms with Gasteiger partial charge < -0.3 is 15.6 Å². The minimum absolute atomic E-state index is 0.158. The highest BCUT2D eigenvalue weighted by molar-refractivity contribution is 5.83. The van der Waals surface area contributed by atoms with Crippen molar-refractivity contribution in [2.75, 3.05) is 13.1 Å². The number of aromatic amines is 1. The van der Waals surface area contributed by atoms with Gasteiger partial charge in [0.2, 0.25) is 0 Å². The van der Waals surface area contributed by atoms with Crippen molar-refractivity contribution in [3.05, 3.63) is 48.7 Å². The molecular weight excluding hydrogens is 226 g/mol. The summed E-state index contributed by atoms with van der Waals surface area (Å²) in [5.74, 6) is 0. The minimum Gasteiger partial charge on any atom is -0.361 e. The van der Waals surface area contributed by atoms with E-state index in [4.69, 9.17) is 0 Å². The Morgan fingerprint density at radius 2 is 2.17 bits per heavy atom. The second-order valence-electron chi connectivity index (χ2n) is 4.03. The summed E-state index contributed by atoms with van der Waals surface area (Å²) in [6.45, 7) is 4.64. The lowest BCUT2D eigenvalue weighted by Gasteiger charge is -2.05. The van der Waals surface area contributed by atoms with Gasteiger partial charge in [-0.25, -0.2) is 4.79 Å². The topological polar surface area (TPSA) is 56.9 Å². The Morgan fingerprint density at radius 3 is 3.00 bits per heavy atom. The maximum atomic E-state index is 11.3. The van der Waals surface area contributed by atoms with Gasteiger partial charge in [0.1, 0.15) is 0 Å². The van der Waals surface area contributed by atoms with Gasteiger partial charge in [-0.2, -0.15) is 0 Å². The average molecular weight is 243 g/mol. The number of carbonyl (C=O) groups is 1. The number of amides is 2. The van der Waals surface area contributed by atoms with E-state index in [1.54, 1.807) is 6.08 Å². The average Bonchev–Trinajstić information content (AvgIpc) is 2.80. The van der Waals surface area contributed by atoms with Crippen molar-refractivity contribution in [2.24, 2.45) is 0 Å². The number of nitrogens with one attached hydrogen (secondary N) is 3. The Balaban J connectivity index is 1.87. The molecule has 0 aliphatic heterocycles. The summed E-state index contributed by atoms with van der Waals surface area (Å²) in [7, 11) is 0. The van der Waals surface area contributed by atoms with Crippen LogP contribution in [-0.4, -0.2) is 24.1 Å². The van der Waals surface area contributed by atoms with Crippen molar-refractivity contribution >= 4 is 16.9 Å². The molecule has 0 spiro atoms. The summed E-state index contributed by atoms with van der Waals surface area (Å²) in [5.41, 5.74) is 2.35. The zero-order chi connectivity index (χ0) is 12.8. The summed E-state index contributed by atoms with van der Waals surface area (Å²) >= 11 is 0. The standard InChI is InChI=1S/C14H17N3O/c1-2-8-15-14(18)16-9-7-11-10-17-13-6-4-3-5-12(11)13/h2-6,10,17H,1,7-9H2,(H2,15,16,18). The summed E-state index contributed by atoms with van der Waals surface area (Å²) < 4.78 is 0. The van der Waals surface area contributed by atoms with Crippen LogP contribution in [0.25, 0.3) is 10.9 Å². The van der Waals surface area contributed by atoms with E-state index in [0.29, 0.717) is 13.1 Å². The SMILES string of the molecule is C=CCNC(=O)NCCc1c[nH]c2ccccc12. The summed E-state index contributed by atoms with van der Waals surface area (Å²) in [6, 6.07) is 7.99. The van der Waals surface area contributed by atoms with Crippen LogP contribution >= 0.6 is 0 Å². The van der Waals surface area contributed by atoms with Gasteiger partial charge in [0.25, 0.3) is 0 Å². The highest BCUT2D eigenvalue weighted by Gasteiger charge is 2.03. The molecule has 3 N–H and O–H groups in total. The lowest BCUT2D eigenvalue weighted by atomic mass is 10.1. The van der Waals surface area contributed by atoms with E-state index in [1.807, 2.05) is 24.4 Å². The van der Waals surface area contributed by atoms with Crippen LogP contribution in [0, 0.1) is 0 Å². The lowest BCUT2D eigenvalue weighted by molar-refractivity contribution is 0.242. The first-order valence-electron chi connectivity index (χ1n) is 5.99. The Hall–Kier alpha value is -2.23. The molecule has 0 saturated carbocycles. The predicted octanol–water partition coefficient (Wildman–Crippen LogP) is 2.20. The monoisotopic (exact) mass is 243 g/mol. The normalized spacial score (nSPS) is 10.2. The molecule has 1 heterocycles. The molecule has 0 radical (unpaired) electrons. The molecule has 0 aliphatic carbocycles. The number of hydrogen-bond donors (Lipinski definition) is 3. The number of para-hydroxylation sites is 1. The lowest BCUT2D eigenvalue weighted by Crippen LogP contribution is -2.36. The van der Waals surface area contributed by atoms with Gasteiger partial charge >= 0.3 is 6.03 Å². The van der Waals surface area contributed by atoms with Gasteiger partial charge in [0.05, 0.1) is 0 Å². The molecule has 0 aliphatic rings. The van der Waals surface area contributed by atoms with Crippen molar-refractivity contribution in [1.82, 2.24) is 15.6 Å². The molecule has 2 amide bonds. The number of carbonyl (C=O) groups excluding carboxylic acids is 1. The Kier molecular flexibility index (Phi) is 4.02. The molecule has 4 heteroatoms. The van der Waals surface area contributed by atoms with Gasteiger partial charge in [0, 0.05) is 30.2 Å². The van der Waals surface area contributed by atoms with E-state index < -0.39 is 0 Å². The first kappa shape index (κ1) is 12.2. The quantitative estimate of drug-likeness (QED) is 0.693. The molecule has 0 saturated heterocycles. The van der Waals surface area contributed by atoms with Crippen LogP contribution < -0.4 is 10.6 Å². The van der Waals surface area contributed by atoms with Crippen LogP contribution in [0.1, 0.15) is 5.56 Å². The highest BCUT2D eigenvalue weighted by Crippen LogP contribution is 2.17. The molecular formula is C14H17N3O. The molecule has 1 aromatic heterocycles. The number of urea groups is 1. The molecule has 0 atom stereocenters. The molecule has 4 nitrogen and oxygen atoms in total. The summed E-state index contributed by atoms with van der Waals surface area (Å²) in [6.07, 6.45) is 4.46. The number of aromatic nitrogens is 1. The van der Waals surface area contributed by atoms with Gasteiger partial charge in [-0.3, -0.25) is 0 Å². The van der Waals surface area contributed by atoms with Crippen LogP contribution in [0.4, 0.5) is 4.79 Å². The molecule has 1 aromatic carbocycles. The second-order valence-corrected chi connectivity index (χ2v) is 4.03. The van der Waals surface area contributed by atoms with E-state index in [9.17, 15) is 4.79 Å². The van der Waals surface area contributed by atoms with E-state index >= 15 is 0 Å². The first-order chi connectivity index (χ1) is 8.81. The maximum absolute atomic E-state index is 11.3. The third kappa shape index (κ3) is 2.91. The van der Waals surface area contributed by atoms with Crippen LogP contribution in [-0.2, 0) is 6.42 Å². The maximum Gasteiger partial charge on any atom is 0.315 e. The van der Waals surface area contributed by atoms with E-state index in [2.05, 4.69) is 28.3 Å². The Labute approximate surface area is 106 Å². The van der Waals surface area contributed by atoms with Crippen LogP contribution in [0.5, 0.6) is 0 Å². The molecule has 2 aromatic rings. The van der Waals surface area contributed by atoms with Crippen molar-refractivity contribution in [3.63, 3.8) is 0 Å². The fraction of sp³-hybridized carbons (Fsp3) is 0.214. The Bertz CT molecular complexity index is 545. The molecule has 0 bridgehead atoms. The van der Waals surface area contributed by atoms with Crippen LogP contribution in [0.3, 0.4) is 0 Å². The fourth-order valence-corrected chi connectivity index (χ4v) is 1.88. The van der Waals surface area contributed by atoms with Gasteiger partial charge in [-0.1, -0.05) is 24.3 Å². The molecule has 94 valence electrons. The van der Waals surface area contributed by atoms with Gasteiger partial charge in [0.15, 0.2) is 0 Å². The van der Waals surface area contributed by atoms with E-state index in [0.717, 1.165) is 11.9 Å². The van der Waals surface area contributed by atoms with Crippen molar-refractivity contribution < 1.29 is 4.79 Å². The zero-order valence-electron chi connectivity index (χ0n) is 10.2.